The number of hydrogen-bond donors (Lipinski definition) is 0. The number of aromatic nitrogens is 3. The van der Waals surface area contributed by atoms with E-state index in [1.807, 2.05) is 0 Å². The molecule has 1 heterocycles. The normalized spacial score (nSPS) is 17.3. The minimum Gasteiger partial charge on any atom is -0.223 e. The smallest absolute Gasteiger partial charge is 0.223 e. The van der Waals surface area contributed by atoms with Gasteiger partial charge in [-0.2, -0.15) is 5.10 Å². The Bertz CT molecular complexity index is 408. The van der Waals surface area contributed by atoms with E-state index in [0.717, 1.165) is 24.8 Å². The van der Waals surface area contributed by atoms with Gasteiger partial charge >= 0.3 is 0 Å². The molecule has 0 amide bonds. The molecule has 5 nitrogen and oxygen atoms in total. The van der Waals surface area contributed by atoms with Gasteiger partial charge in [-0.15, -0.1) is 5.10 Å². The highest BCUT2D eigenvalue weighted by molar-refractivity contribution is 7.90. The molecule has 0 N–H and O–H groups in total. The Morgan fingerprint density at radius 3 is 2.46 bits per heavy atom. The molecule has 6 heteroatoms. The number of nitrogens with zero attached hydrogens (tertiary/aromatic N) is 3. The Balaban J connectivity index is 2.33. The summed E-state index contributed by atoms with van der Waals surface area (Å²) in [6.07, 6.45) is 4.78. The summed E-state index contributed by atoms with van der Waals surface area (Å²) in [6, 6.07) is 0. The van der Waals surface area contributed by atoms with Gasteiger partial charge in [0.25, 0.3) is 5.16 Å². The zero-order valence-electron chi connectivity index (χ0n) is 7.14. The fourth-order valence-corrected chi connectivity index (χ4v) is 1.44. The van der Waals surface area contributed by atoms with E-state index in [0.29, 0.717) is 5.92 Å². The lowest BCUT2D eigenvalue weighted by Gasteiger charge is -1.96. The molecule has 0 aliphatic heterocycles. The van der Waals surface area contributed by atoms with Crippen LogP contribution < -0.4 is 0 Å². The zero-order valence-corrected chi connectivity index (χ0v) is 7.95. The summed E-state index contributed by atoms with van der Waals surface area (Å²) in [5, 5.41) is 7.18. The topological polar surface area (TPSA) is 72.8 Å². The van der Waals surface area contributed by atoms with Crippen molar-refractivity contribution in [1.29, 1.82) is 0 Å². The Morgan fingerprint density at radius 1 is 1.38 bits per heavy atom. The fourth-order valence-electron chi connectivity index (χ4n) is 1.01. The molecule has 1 aromatic heterocycles. The lowest BCUT2D eigenvalue weighted by atomic mass is 10.3. The third kappa shape index (κ3) is 1.82. The molecule has 0 saturated heterocycles. The van der Waals surface area contributed by atoms with Crippen LogP contribution in [0.25, 0.3) is 0 Å². The summed E-state index contributed by atoms with van der Waals surface area (Å²) in [5.74, 6) is 0.452. The average Bonchev–Trinajstić information content (AvgIpc) is 2.85. The Morgan fingerprint density at radius 2 is 2.08 bits per heavy atom. The SMILES string of the molecule is CS(=O)(=O)c1ncc(C2CC2)nn1. The molecule has 0 atom stereocenters. The van der Waals surface area contributed by atoms with Gasteiger partial charge in [0, 0.05) is 12.2 Å². The predicted molar refractivity (Wildman–Crippen MR) is 44.9 cm³/mol. The summed E-state index contributed by atoms with van der Waals surface area (Å²) in [7, 11) is -3.31. The molecule has 1 aliphatic carbocycles. The maximum absolute atomic E-state index is 11.0. The van der Waals surface area contributed by atoms with E-state index in [1.54, 1.807) is 0 Å². The second kappa shape index (κ2) is 2.73. The summed E-state index contributed by atoms with van der Waals surface area (Å²) in [4.78, 5) is 3.75. The van der Waals surface area contributed by atoms with Gasteiger partial charge in [0.05, 0.1) is 11.9 Å². The number of sulfone groups is 1. The highest BCUT2D eigenvalue weighted by Gasteiger charge is 2.26. The second-order valence-electron chi connectivity index (χ2n) is 3.21. The molecule has 0 aromatic carbocycles. The first-order chi connectivity index (χ1) is 6.07. The largest absolute Gasteiger partial charge is 0.267 e. The monoisotopic (exact) mass is 199 g/mol. The van der Waals surface area contributed by atoms with Gasteiger partial charge in [-0.1, -0.05) is 0 Å². The minimum atomic E-state index is -3.31. The van der Waals surface area contributed by atoms with Crippen molar-refractivity contribution in [3.05, 3.63) is 11.9 Å². The molecule has 70 valence electrons. The molecule has 0 unspecified atom stereocenters. The zero-order chi connectivity index (χ0) is 9.47. The van der Waals surface area contributed by atoms with Gasteiger partial charge in [-0.3, -0.25) is 0 Å². The van der Waals surface area contributed by atoms with Gasteiger partial charge in [0.2, 0.25) is 9.84 Å². The van der Waals surface area contributed by atoms with Crippen LogP contribution in [-0.2, 0) is 9.84 Å². The van der Waals surface area contributed by atoms with Crippen molar-refractivity contribution >= 4 is 9.84 Å². The van der Waals surface area contributed by atoms with Crippen LogP contribution in [0.2, 0.25) is 0 Å². The summed E-state index contributed by atoms with van der Waals surface area (Å²) in [6.45, 7) is 0. The Hall–Kier alpha value is -1.04. The fraction of sp³-hybridized carbons (Fsp3) is 0.571. The van der Waals surface area contributed by atoms with E-state index in [9.17, 15) is 8.42 Å². The lowest BCUT2D eigenvalue weighted by Crippen LogP contribution is -2.06. The van der Waals surface area contributed by atoms with Gasteiger partial charge < -0.3 is 0 Å². The molecule has 0 radical (unpaired) electrons. The summed E-state index contributed by atoms with van der Waals surface area (Å²) >= 11 is 0. The molecule has 1 aromatic rings. The second-order valence-corrected chi connectivity index (χ2v) is 5.12. The Labute approximate surface area is 76.1 Å². The van der Waals surface area contributed by atoms with Crippen molar-refractivity contribution in [2.75, 3.05) is 6.26 Å². The predicted octanol–water partition coefficient (Wildman–Crippen LogP) is 0.152. The first-order valence-corrected chi connectivity index (χ1v) is 5.86. The van der Waals surface area contributed by atoms with Gasteiger partial charge in [-0.05, 0) is 12.8 Å². The molecule has 0 spiro atoms. The highest BCUT2D eigenvalue weighted by atomic mass is 32.2. The van der Waals surface area contributed by atoms with Crippen molar-refractivity contribution < 1.29 is 8.42 Å². The summed E-state index contributed by atoms with van der Waals surface area (Å²) in [5.41, 5.74) is 0.799. The van der Waals surface area contributed by atoms with Gasteiger partial charge in [-0.25, -0.2) is 13.4 Å². The van der Waals surface area contributed by atoms with Gasteiger partial charge in [0.1, 0.15) is 0 Å². The van der Waals surface area contributed by atoms with Crippen molar-refractivity contribution in [3.63, 3.8) is 0 Å². The van der Waals surface area contributed by atoms with E-state index in [1.165, 1.54) is 6.20 Å². The van der Waals surface area contributed by atoms with Crippen molar-refractivity contribution in [1.82, 2.24) is 15.2 Å². The van der Waals surface area contributed by atoms with Crippen molar-refractivity contribution in [2.45, 2.75) is 23.9 Å². The average molecular weight is 199 g/mol. The minimum absolute atomic E-state index is 0.197. The van der Waals surface area contributed by atoms with Crippen LogP contribution in [0.3, 0.4) is 0 Å². The lowest BCUT2D eigenvalue weighted by molar-refractivity contribution is 0.587. The maximum atomic E-state index is 11.0. The molecular weight excluding hydrogens is 190 g/mol. The van der Waals surface area contributed by atoms with Crippen LogP contribution >= 0.6 is 0 Å². The first-order valence-electron chi connectivity index (χ1n) is 3.97. The number of rotatable bonds is 2. The van der Waals surface area contributed by atoms with Crippen molar-refractivity contribution in [3.8, 4) is 0 Å². The highest BCUT2D eigenvalue weighted by Crippen LogP contribution is 2.38. The molecule has 1 aliphatic rings. The summed E-state index contributed by atoms with van der Waals surface area (Å²) < 4.78 is 21.9. The van der Waals surface area contributed by atoms with Crippen molar-refractivity contribution in [2.24, 2.45) is 0 Å². The first kappa shape index (κ1) is 8.55. The molecular formula is C7H9N3O2S. The Kier molecular flexibility index (Phi) is 1.80. The van der Waals surface area contributed by atoms with Crippen LogP contribution in [0.5, 0.6) is 0 Å². The van der Waals surface area contributed by atoms with Crippen LogP contribution in [-0.4, -0.2) is 29.9 Å². The van der Waals surface area contributed by atoms with Crippen LogP contribution in [0.1, 0.15) is 24.5 Å². The quantitative estimate of drug-likeness (QED) is 0.678. The number of hydrogen-bond acceptors (Lipinski definition) is 5. The standard InChI is InChI=1S/C7H9N3O2S/c1-13(11,12)7-8-4-6(9-10-7)5-2-3-5/h4-5H,2-3H2,1H3. The van der Waals surface area contributed by atoms with E-state index in [-0.39, 0.29) is 5.16 Å². The molecule has 1 saturated carbocycles. The van der Waals surface area contributed by atoms with E-state index >= 15 is 0 Å². The van der Waals surface area contributed by atoms with Crippen LogP contribution in [0.4, 0.5) is 0 Å². The molecule has 2 rings (SSSR count). The van der Waals surface area contributed by atoms with E-state index < -0.39 is 9.84 Å². The van der Waals surface area contributed by atoms with E-state index in [2.05, 4.69) is 15.2 Å². The third-order valence-corrected chi connectivity index (χ3v) is 2.74. The van der Waals surface area contributed by atoms with Gasteiger partial charge in [0.15, 0.2) is 0 Å². The molecule has 1 fully saturated rings. The van der Waals surface area contributed by atoms with E-state index in [4.69, 9.17) is 0 Å². The molecule has 13 heavy (non-hydrogen) atoms. The maximum Gasteiger partial charge on any atom is 0.267 e. The third-order valence-electron chi connectivity index (χ3n) is 1.89. The molecule has 0 bridgehead atoms. The van der Waals surface area contributed by atoms with Crippen LogP contribution in [0, 0.1) is 0 Å². The van der Waals surface area contributed by atoms with Crippen LogP contribution in [0.15, 0.2) is 11.4 Å².